The molecule has 2 aromatic heterocycles. The van der Waals surface area contributed by atoms with Gasteiger partial charge in [-0.1, -0.05) is 25.1 Å². The van der Waals surface area contributed by atoms with E-state index >= 15 is 0 Å². The molecule has 1 N–H and O–H groups in total. The van der Waals surface area contributed by atoms with E-state index in [1.165, 1.54) is 16.0 Å². The zero-order valence-electron chi connectivity index (χ0n) is 14.6. The fraction of sp³-hybridized carbons (Fsp3) is 0.278. The third-order valence-corrected chi connectivity index (χ3v) is 4.64. The Kier molecular flexibility index (Phi) is 5.52. The van der Waals surface area contributed by atoms with Crippen molar-refractivity contribution in [3.05, 3.63) is 56.4 Å². The van der Waals surface area contributed by atoms with Gasteiger partial charge in [-0.05, 0) is 19.4 Å². The van der Waals surface area contributed by atoms with Gasteiger partial charge in [0.25, 0.3) is 5.56 Å². The van der Waals surface area contributed by atoms with E-state index in [1.807, 2.05) is 25.3 Å². The first-order valence-electron chi connectivity index (χ1n) is 8.28. The number of aryl methyl sites for hydroxylation is 1. The Hall–Kier alpha value is -2.87. The molecule has 1 aromatic carbocycles. The predicted molar refractivity (Wildman–Crippen MR) is 103 cm³/mol. The fourth-order valence-corrected chi connectivity index (χ4v) is 3.30. The topological polar surface area (TPSA) is 89.2 Å². The molecule has 0 saturated heterocycles. The number of fused-ring (bicyclic) bond motifs is 1. The molecule has 3 rings (SSSR count). The molecule has 1 amide bonds. The number of thiazole rings is 1. The number of amides is 1. The van der Waals surface area contributed by atoms with Gasteiger partial charge in [-0.25, -0.2) is 15.1 Å². The summed E-state index contributed by atoms with van der Waals surface area (Å²) in [5.74, 6) is -0.275. The van der Waals surface area contributed by atoms with Gasteiger partial charge in [-0.15, -0.1) is 11.3 Å². The summed E-state index contributed by atoms with van der Waals surface area (Å²) < 4.78 is 1.37. The molecule has 0 aliphatic carbocycles. The van der Waals surface area contributed by atoms with Gasteiger partial charge in [0.05, 0.1) is 24.0 Å². The second-order valence-corrected chi connectivity index (χ2v) is 6.71. The average Bonchev–Trinajstić information content (AvgIpc) is 3.04. The second-order valence-electron chi connectivity index (χ2n) is 5.77. The summed E-state index contributed by atoms with van der Waals surface area (Å²) in [5, 5.41) is 12.2. The van der Waals surface area contributed by atoms with Crippen molar-refractivity contribution >= 4 is 34.2 Å². The number of benzene rings is 1. The molecule has 26 heavy (non-hydrogen) atoms. The van der Waals surface area contributed by atoms with Gasteiger partial charge in [0.1, 0.15) is 5.01 Å². The van der Waals surface area contributed by atoms with Crippen molar-refractivity contribution in [2.24, 2.45) is 5.10 Å². The van der Waals surface area contributed by atoms with Crippen molar-refractivity contribution in [1.29, 1.82) is 0 Å². The third kappa shape index (κ3) is 4.02. The second kappa shape index (κ2) is 8.01. The Labute approximate surface area is 154 Å². The van der Waals surface area contributed by atoms with Gasteiger partial charge in [-0.3, -0.25) is 9.59 Å². The van der Waals surface area contributed by atoms with Crippen LogP contribution in [0.2, 0.25) is 0 Å². The first-order valence-corrected chi connectivity index (χ1v) is 9.16. The summed E-state index contributed by atoms with van der Waals surface area (Å²) in [6.45, 7) is 4.12. The summed E-state index contributed by atoms with van der Waals surface area (Å²) >= 11 is 1.48. The van der Waals surface area contributed by atoms with E-state index in [9.17, 15) is 9.59 Å². The van der Waals surface area contributed by atoms with E-state index in [2.05, 4.69) is 20.6 Å². The monoisotopic (exact) mass is 369 g/mol. The molecule has 3 aromatic rings. The van der Waals surface area contributed by atoms with Crippen molar-refractivity contribution in [1.82, 2.24) is 20.2 Å². The number of rotatable bonds is 6. The molecule has 7 nitrogen and oxygen atoms in total. The summed E-state index contributed by atoms with van der Waals surface area (Å²) in [6, 6.07) is 7.19. The Bertz CT molecular complexity index is 1020. The van der Waals surface area contributed by atoms with Crippen LogP contribution in [0.25, 0.3) is 10.8 Å². The number of nitrogens with zero attached hydrogens (tertiary/aromatic N) is 4. The molecule has 0 spiro atoms. The number of carbonyl (C=O) groups is 1. The Balaban J connectivity index is 1.98. The summed E-state index contributed by atoms with van der Waals surface area (Å²) in [4.78, 5) is 29.3. The van der Waals surface area contributed by atoms with Crippen molar-refractivity contribution in [2.45, 2.75) is 33.2 Å². The van der Waals surface area contributed by atoms with E-state index in [-0.39, 0.29) is 24.4 Å². The number of nitrogens with one attached hydrogen (secondary N) is 1. The van der Waals surface area contributed by atoms with Crippen LogP contribution in [0.4, 0.5) is 0 Å². The standard InChI is InChI=1S/C18H19N5O2S/c1-3-8-19-21-16(24)9-15-13-6-4-5-7-14(13)18(25)23(22-15)10-17-20-12(2)11-26-17/h4-8,11H,3,9-10H2,1-2H3,(H,21,24). The Morgan fingerprint density at radius 2 is 2.12 bits per heavy atom. The van der Waals surface area contributed by atoms with Crippen LogP contribution in [0.3, 0.4) is 0 Å². The lowest BCUT2D eigenvalue weighted by molar-refractivity contribution is -0.120. The fourth-order valence-electron chi connectivity index (χ4n) is 2.55. The largest absolute Gasteiger partial charge is 0.275 e. The number of hydrogen-bond acceptors (Lipinski definition) is 6. The van der Waals surface area contributed by atoms with Crippen LogP contribution in [-0.4, -0.2) is 26.9 Å². The van der Waals surface area contributed by atoms with Gasteiger partial charge in [0.2, 0.25) is 5.91 Å². The maximum absolute atomic E-state index is 12.7. The molecule has 0 bridgehead atoms. The summed E-state index contributed by atoms with van der Waals surface area (Å²) in [7, 11) is 0. The maximum atomic E-state index is 12.7. The molecular formula is C18H19N5O2S. The van der Waals surface area contributed by atoms with E-state index in [0.717, 1.165) is 17.1 Å². The predicted octanol–water partition coefficient (Wildman–Crippen LogP) is 2.26. The van der Waals surface area contributed by atoms with E-state index in [0.29, 0.717) is 16.5 Å². The van der Waals surface area contributed by atoms with Crippen molar-refractivity contribution in [3.63, 3.8) is 0 Å². The van der Waals surface area contributed by atoms with E-state index in [4.69, 9.17) is 0 Å². The van der Waals surface area contributed by atoms with Crippen LogP contribution < -0.4 is 11.0 Å². The highest BCUT2D eigenvalue weighted by Crippen LogP contribution is 2.15. The van der Waals surface area contributed by atoms with Gasteiger partial charge in [-0.2, -0.15) is 10.2 Å². The van der Waals surface area contributed by atoms with Gasteiger partial charge >= 0.3 is 0 Å². The van der Waals surface area contributed by atoms with Crippen molar-refractivity contribution < 1.29 is 4.79 Å². The minimum absolute atomic E-state index is 0.0404. The highest BCUT2D eigenvalue weighted by molar-refractivity contribution is 7.09. The molecular weight excluding hydrogens is 350 g/mol. The first-order chi connectivity index (χ1) is 12.6. The SMILES string of the molecule is CCC=NNC(=O)Cc1nn(Cc2nc(C)cs2)c(=O)c2ccccc12. The van der Waals surface area contributed by atoms with Crippen LogP contribution in [0, 0.1) is 6.92 Å². The van der Waals surface area contributed by atoms with Crippen molar-refractivity contribution in [3.8, 4) is 0 Å². The van der Waals surface area contributed by atoms with Crippen LogP contribution in [0.5, 0.6) is 0 Å². The quantitative estimate of drug-likeness (QED) is 0.533. The van der Waals surface area contributed by atoms with Crippen LogP contribution >= 0.6 is 11.3 Å². The normalized spacial score (nSPS) is 11.3. The van der Waals surface area contributed by atoms with Gasteiger partial charge in [0, 0.05) is 22.7 Å². The summed E-state index contributed by atoms with van der Waals surface area (Å²) in [5.41, 5.74) is 3.73. The molecule has 2 heterocycles. The molecule has 0 fully saturated rings. The highest BCUT2D eigenvalue weighted by Gasteiger charge is 2.14. The zero-order valence-corrected chi connectivity index (χ0v) is 15.4. The van der Waals surface area contributed by atoms with Crippen LogP contribution in [0.15, 0.2) is 39.5 Å². The minimum atomic E-state index is -0.275. The number of hydrazone groups is 1. The molecule has 0 unspecified atom stereocenters. The number of aromatic nitrogens is 3. The minimum Gasteiger partial charge on any atom is -0.273 e. The molecule has 0 saturated carbocycles. The zero-order chi connectivity index (χ0) is 18.5. The lowest BCUT2D eigenvalue weighted by Crippen LogP contribution is -2.27. The van der Waals surface area contributed by atoms with E-state index in [1.54, 1.807) is 24.4 Å². The molecule has 0 radical (unpaired) electrons. The molecule has 0 aliphatic heterocycles. The van der Waals surface area contributed by atoms with Gasteiger partial charge < -0.3 is 0 Å². The Morgan fingerprint density at radius 1 is 1.35 bits per heavy atom. The molecule has 8 heteroatoms. The van der Waals surface area contributed by atoms with Crippen LogP contribution in [-0.2, 0) is 17.8 Å². The summed E-state index contributed by atoms with van der Waals surface area (Å²) in [6.07, 6.45) is 2.40. The lowest BCUT2D eigenvalue weighted by atomic mass is 10.1. The van der Waals surface area contributed by atoms with Crippen LogP contribution in [0.1, 0.15) is 29.7 Å². The average molecular weight is 369 g/mol. The molecule has 0 atom stereocenters. The van der Waals surface area contributed by atoms with Crippen molar-refractivity contribution in [2.75, 3.05) is 0 Å². The maximum Gasteiger partial charge on any atom is 0.275 e. The number of hydrogen-bond donors (Lipinski definition) is 1. The molecule has 134 valence electrons. The number of carbonyl (C=O) groups excluding carboxylic acids is 1. The first kappa shape index (κ1) is 17.9. The Morgan fingerprint density at radius 3 is 2.81 bits per heavy atom. The van der Waals surface area contributed by atoms with Gasteiger partial charge in [0.15, 0.2) is 0 Å². The third-order valence-electron chi connectivity index (χ3n) is 3.69. The highest BCUT2D eigenvalue weighted by atomic mass is 32.1. The smallest absolute Gasteiger partial charge is 0.273 e. The molecule has 0 aliphatic rings. The lowest BCUT2D eigenvalue weighted by Gasteiger charge is -2.09. The van der Waals surface area contributed by atoms with E-state index < -0.39 is 0 Å².